The van der Waals surface area contributed by atoms with Crippen LogP contribution in [0.5, 0.6) is 0 Å². The van der Waals surface area contributed by atoms with Gasteiger partial charge in [0.15, 0.2) is 0 Å². The highest BCUT2D eigenvalue weighted by Gasteiger charge is 2.10. The number of carbonyl (C=O) groups excluding carboxylic acids is 1. The first-order chi connectivity index (χ1) is 8.61. The van der Waals surface area contributed by atoms with Crippen molar-refractivity contribution in [2.45, 2.75) is 12.8 Å². The molecule has 90 valence electrons. The molecule has 5 heteroatoms. The molecule has 2 aromatic rings. The maximum atomic E-state index is 11.8. The minimum absolute atomic E-state index is 0.0425. The van der Waals surface area contributed by atoms with Gasteiger partial charge >= 0.3 is 5.97 Å². The van der Waals surface area contributed by atoms with Gasteiger partial charge in [0.25, 0.3) is 0 Å². The van der Waals surface area contributed by atoms with Crippen molar-refractivity contribution >= 4 is 22.8 Å². The minimum atomic E-state index is -0.994. The van der Waals surface area contributed by atoms with E-state index in [0.29, 0.717) is 11.1 Å². The zero-order valence-corrected chi connectivity index (χ0v) is 9.46. The van der Waals surface area contributed by atoms with E-state index in [1.807, 2.05) is 6.07 Å². The summed E-state index contributed by atoms with van der Waals surface area (Å²) < 4.78 is 1.42. The van der Waals surface area contributed by atoms with Crippen LogP contribution in [0.3, 0.4) is 0 Å². The molecule has 0 unspecified atom stereocenters. The van der Waals surface area contributed by atoms with E-state index in [1.165, 1.54) is 4.57 Å². The summed E-state index contributed by atoms with van der Waals surface area (Å²) in [6.45, 7) is 0. The maximum Gasteiger partial charge on any atom is 0.303 e. The number of hydrogen-bond acceptors (Lipinski definition) is 3. The van der Waals surface area contributed by atoms with Crippen LogP contribution in [0.1, 0.15) is 23.2 Å². The van der Waals surface area contributed by atoms with Crippen molar-refractivity contribution in [1.82, 2.24) is 4.57 Å². The Hall–Kier alpha value is -2.61. The lowest BCUT2D eigenvalue weighted by atomic mass is 10.2. The molecule has 0 saturated carbocycles. The molecule has 0 aliphatic heterocycles. The number of benzene rings is 1. The molecule has 0 spiro atoms. The molecule has 1 N–H and O–H groups in total. The van der Waals surface area contributed by atoms with Crippen molar-refractivity contribution in [3.05, 3.63) is 36.0 Å². The van der Waals surface area contributed by atoms with Crippen LogP contribution in [-0.2, 0) is 4.79 Å². The van der Waals surface area contributed by atoms with E-state index in [1.54, 1.807) is 30.5 Å². The van der Waals surface area contributed by atoms with Gasteiger partial charge in [-0.1, -0.05) is 0 Å². The van der Waals surface area contributed by atoms with E-state index in [-0.39, 0.29) is 18.7 Å². The molecule has 2 rings (SSSR count). The topological polar surface area (TPSA) is 83.1 Å². The molecule has 0 fully saturated rings. The van der Waals surface area contributed by atoms with Gasteiger partial charge in [-0.2, -0.15) is 5.26 Å². The van der Waals surface area contributed by atoms with Crippen LogP contribution in [-0.4, -0.2) is 21.6 Å². The molecular weight excluding hydrogens is 232 g/mol. The van der Waals surface area contributed by atoms with Crippen LogP contribution in [0.4, 0.5) is 0 Å². The number of carboxylic acid groups (broad SMARTS) is 1. The first kappa shape index (κ1) is 11.9. The molecule has 1 aromatic carbocycles. The highest BCUT2D eigenvalue weighted by Crippen LogP contribution is 2.18. The Balaban J connectivity index is 2.32. The van der Waals surface area contributed by atoms with Crippen LogP contribution >= 0.6 is 0 Å². The van der Waals surface area contributed by atoms with Crippen molar-refractivity contribution in [3.63, 3.8) is 0 Å². The Morgan fingerprint density at radius 2 is 2.06 bits per heavy atom. The van der Waals surface area contributed by atoms with Gasteiger partial charge in [-0.05, 0) is 24.3 Å². The van der Waals surface area contributed by atoms with E-state index >= 15 is 0 Å². The molecule has 18 heavy (non-hydrogen) atoms. The first-order valence-corrected chi connectivity index (χ1v) is 5.38. The second-order valence-electron chi connectivity index (χ2n) is 3.86. The van der Waals surface area contributed by atoms with Crippen LogP contribution < -0.4 is 0 Å². The molecule has 0 atom stereocenters. The fourth-order valence-electron chi connectivity index (χ4n) is 1.76. The van der Waals surface area contributed by atoms with Crippen molar-refractivity contribution in [2.24, 2.45) is 0 Å². The maximum absolute atomic E-state index is 11.8. The normalized spacial score (nSPS) is 10.2. The number of carboxylic acids is 1. The monoisotopic (exact) mass is 242 g/mol. The predicted octanol–water partition coefficient (Wildman–Crippen LogP) is 2.02. The summed E-state index contributed by atoms with van der Waals surface area (Å²) in [7, 11) is 0. The number of hydrogen-bond donors (Lipinski definition) is 1. The van der Waals surface area contributed by atoms with Crippen LogP contribution in [0, 0.1) is 11.3 Å². The van der Waals surface area contributed by atoms with Crippen molar-refractivity contribution in [3.8, 4) is 6.07 Å². The Morgan fingerprint density at radius 3 is 2.72 bits per heavy atom. The molecule has 0 aliphatic carbocycles. The number of aliphatic carboxylic acids is 1. The molecule has 0 saturated heterocycles. The van der Waals surface area contributed by atoms with Gasteiger partial charge in [-0.3, -0.25) is 14.2 Å². The predicted molar refractivity (Wildman–Crippen MR) is 64.1 cm³/mol. The van der Waals surface area contributed by atoms with Crippen molar-refractivity contribution in [2.75, 3.05) is 0 Å². The quantitative estimate of drug-likeness (QED) is 0.892. The number of fused-ring (bicyclic) bond motifs is 1. The number of rotatable bonds is 3. The summed E-state index contributed by atoms with van der Waals surface area (Å²) in [5.74, 6) is -1.26. The zero-order chi connectivity index (χ0) is 13.1. The third-order valence-electron chi connectivity index (χ3n) is 2.64. The number of nitrogens with zero attached hydrogens (tertiary/aromatic N) is 2. The van der Waals surface area contributed by atoms with Gasteiger partial charge in [-0.25, -0.2) is 0 Å². The van der Waals surface area contributed by atoms with E-state index in [2.05, 4.69) is 0 Å². The second-order valence-corrected chi connectivity index (χ2v) is 3.86. The fourth-order valence-corrected chi connectivity index (χ4v) is 1.76. The Morgan fingerprint density at radius 1 is 1.28 bits per heavy atom. The summed E-state index contributed by atoms with van der Waals surface area (Å²) in [4.78, 5) is 22.2. The van der Waals surface area contributed by atoms with Gasteiger partial charge < -0.3 is 5.11 Å². The smallest absolute Gasteiger partial charge is 0.303 e. The first-order valence-electron chi connectivity index (χ1n) is 5.38. The van der Waals surface area contributed by atoms with E-state index in [4.69, 9.17) is 10.4 Å². The Kier molecular flexibility index (Phi) is 3.11. The second kappa shape index (κ2) is 4.72. The van der Waals surface area contributed by atoms with Gasteiger partial charge in [0.05, 0.1) is 23.6 Å². The molecule has 1 aromatic heterocycles. The largest absolute Gasteiger partial charge is 0.481 e. The highest BCUT2D eigenvalue weighted by molar-refractivity contribution is 5.93. The zero-order valence-electron chi connectivity index (χ0n) is 9.46. The van der Waals surface area contributed by atoms with Crippen LogP contribution in [0.15, 0.2) is 30.5 Å². The van der Waals surface area contributed by atoms with E-state index in [9.17, 15) is 9.59 Å². The summed E-state index contributed by atoms with van der Waals surface area (Å²) in [6.07, 6.45) is 1.36. The highest BCUT2D eigenvalue weighted by atomic mass is 16.4. The third-order valence-corrected chi connectivity index (χ3v) is 2.64. The lowest BCUT2D eigenvalue weighted by molar-refractivity contribution is -0.136. The standard InChI is InChI=1S/C13H10N2O3/c14-8-9-1-2-11-10(7-9)5-6-15(11)12(16)3-4-13(17)18/h1-2,5-7H,3-4H2,(H,17,18). The molecular formula is C13H10N2O3. The SMILES string of the molecule is N#Cc1ccc2c(ccn2C(=O)CCC(=O)O)c1. The van der Waals surface area contributed by atoms with Gasteiger partial charge in [0.1, 0.15) is 0 Å². The summed E-state index contributed by atoms with van der Waals surface area (Å²) in [6, 6.07) is 8.76. The van der Waals surface area contributed by atoms with E-state index in [0.717, 1.165) is 5.39 Å². The summed E-state index contributed by atoms with van der Waals surface area (Å²) in [5.41, 5.74) is 1.21. The summed E-state index contributed by atoms with van der Waals surface area (Å²) in [5, 5.41) is 18.1. The van der Waals surface area contributed by atoms with Gasteiger partial charge in [0.2, 0.25) is 5.91 Å². The lowest BCUT2D eigenvalue weighted by Crippen LogP contribution is -2.11. The minimum Gasteiger partial charge on any atom is -0.481 e. The Bertz CT molecular complexity index is 664. The number of nitriles is 1. The van der Waals surface area contributed by atoms with Crippen LogP contribution in [0.2, 0.25) is 0 Å². The summed E-state index contributed by atoms with van der Waals surface area (Å²) >= 11 is 0. The van der Waals surface area contributed by atoms with E-state index < -0.39 is 5.97 Å². The lowest BCUT2D eigenvalue weighted by Gasteiger charge is -2.02. The van der Waals surface area contributed by atoms with Crippen molar-refractivity contribution < 1.29 is 14.7 Å². The number of aromatic nitrogens is 1. The fraction of sp³-hybridized carbons (Fsp3) is 0.154. The molecule has 1 heterocycles. The molecule has 5 nitrogen and oxygen atoms in total. The molecule has 0 aliphatic rings. The van der Waals surface area contributed by atoms with Crippen molar-refractivity contribution in [1.29, 1.82) is 5.26 Å². The van der Waals surface area contributed by atoms with Gasteiger partial charge in [-0.15, -0.1) is 0 Å². The third kappa shape index (κ3) is 2.23. The number of carbonyl (C=O) groups is 2. The van der Waals surface area contributed by atoms with Crippen LogP contribution in [0.25, 0.3) is 10.9 Å². The molecule has 0 bridgehead atoms. The average molecular weight is 242 g/mol. The Labute approximate surface area is 103 Å². The van der Waals surface area contributed by atoms with Gasteiger partial charge in [0, 0.05) is 18.0 Å². The molecule has 0 amide bonds. The average Bonchev–Trinajstić information content (AvgIpc) is 2.78. The molecule has 0 radical (unpaired) electrons.